The Hall–Kier alpha value is -2.14. The molecule has 0 amide bonds. The first kappa shape index (κ1) is 18.2. The number of ether oxygens (including phenoxy) is 1. The third-order valence-corrected chi connectivity index (χ3v) is 4.07. The molecular formula is C17H19O6P. The molecule has 3 N–H and O–H groups in total. The van der Waals surface area contributed by atoms with Gasteiger partial charge in [-0.05, 0) is 55.3 Å². The molecule has 0 aromatic heterocycles. The maximum atomic E-state index is 11.7. The van der Waals surface area contributed by atoms with Crippen LogP contribution in [0.5, 0.6) is 11.5 Å². The summed E-state index contributed by atoms with van der Waals surface area (Å²) in [5.74, 6) is 0.683. The highest BCUT2D eigenvalue weighted by atomic mass is 31.2. The maximum absolute atomic E-state index is 11.7. The monoisotopic (exact) mass is 350 g/mol. The second kappa shape index (κ2) is 7.18. The van der Waals surface area contributed by atoms with Crippen molar-refractivity contribution in [1.82, 2.24) is 0 Å². The highest BCUT2D eigenvalue weighted by molar-refractivity contribution is 7.70. The smallest absolute Gasteiger partial charge is 0.396 e. The van der Waals surface area contributed by atoms with E-state index in [-0.39, 0.29) is 17.4 Å². The van der Waals surface area contributed by atoms with E-state index in [0.29, 0.717) is 12.0 Å². The Bertz CT molecular complexity index is 776. The highest BCUT2D eigenvalue weighted by Crippen LogP contribution is 2.39. The van der Waals surface area contributed by atoms with E-state index < -0.39 is 13.1 Å². The van der Waals surface area contributed by atoms with E-state index in [0.717, 1.165) is 11.3 Å². The van der Waals surface area contributed by atoms with E-state index in [1.165, 1.54) is 18.2 Å². The summed E-state index contributed by atoms with van der Waals surface area (Å²) < 4.78 is 16.6. The summed E-state index contributed by atoms with van der Waals surface area (Å²) in [5, 5.41) is 9.92. The van der Waals surface area contributed by atoms with Crippen LogP contribution < -0.4 is 4.74 Å². The number of carbonyl (C=O) groups is 1. The molecule has 0 bridgehead atoms. The quantitative estimate of drug-likeness (QED) is 0.692. The van der Waals surface area contributed by atoms with Gasteiger partial charge in [-0.3, -0.25) is 9.36 Å². The predicted octanol–water partition coefficient (Wildman–Crippen LogP) is 3.09. The first-order chi connectivity index (χ1) is 11.2. The van der Waals surface area contributed by atoms with Crippen molar-refractivity contribution < 1.29 is 29.0 Å². The van der Waals surface area contributed by atoms with Crippen LogP contribution in [0.3, 0.4) is 0 Å². The van der Waals surface area contributed by atoms with Crippen LogP contribution in [0, 0.1) is 0 Å². The van der Waals surface area contributed by atoms with Gasteiger partial charge in [0.1, 0.15) is 11.5 Å². The lowest BCUT2D eigenvalue weighted by Crippen LogP contribution is -2.05. The molecule has 0 unspecified atom stereocenters. The Balaban J connectivity index is 2.23. The van der Waals surface area contributed by atoms with E-state index in [9.17, 15) is 14.5 Å². The van der Waals surface area contributed by atoms with Crippen LogP contribution in [-0.2, 0) is 11.0 Å². The number of hydrogen-bond acceptors (Lipinski definition) is 4. The lowest BCUT2D eigenvalue weighted by Gasteiger charge is -2.11. The molecule has 0 spiro atoms. The van der Waals surface area contributed by atoms with Crippen molar-refractivity contribution in [2.75, 3.05) is 0 Å². The van der Waals surface area contributed by atoms with E-state index in [4.69, 9.17) is 14.5 Å². The molecule has 24 heavy (non-hydrogen) atoms. The molecule has 0 aliphatic rings. The Morgan fingerprint density at radius 3 is 2.29 bits per heavy atom. The number of phenolic OH excluding ortho intramolecular Hbond substituents is 1. The van der Waals surface area contributed by atoms with Gasteiger partial charge in [0.15, 0.2) is 0 Å². The first-order valence-electron chi connectivity index (χ1n) is 7.34. The molecule has 6 nitrogen and oxygen atoms in total. The molecule has 0 saturated heterocycles. The minimum absolute atomic E-state index is 0.0419. The molecule has 0 heterocycles. The molecule has 0 radical (unpaired) electrons. The van der Waals surface area contributed by atoms with Gasteiger partial charge in [0.25, 0.3) is 5.52 Å². The van der Waals surface area contributed by atoms with Gasteiger partial charge in [-0.2, -0.15) is 0 Å². The van der Waals surface area contributed by atoms with Crippen LogP contribution in [0.25, 0.3) is 0 Å². The molecule has 2 aromatic carbocycles. The fourth-order valence-corrected chi connectivity index (χ4v) is 2.68. The maximum Gasteiger partial charge on any atom is 0.396 e. The van der Waals surface area contributed by atoms with E-state index in [1.807, 2.05) is 26.0 Å². The summed E-state index contributed by atoms with van der Waals surface area (Å²) in [6, 6.07) is 11.0. The second-order valence-corrected chi connectivity index (χ2v) is 7.17. The Morgan fingerprint density at radius 2 is 1.75 bits per heavy atom. The number of aromatic hydroxyl groups is 1. The third-order valence-electron chi connectivity index (χ3n) is 3.28. The zero-order valence-electron chi connectivity index (χ0n) is 13.3. The number of hydrogen-bond donors (Lipinski definition) is 3. The van der Waals surface area contributed by atoms with Gasteiger partial charge in [0, 0.05) is 12.0 Å². The summed E-state index contributed by atoms with van der Waals surface area (Å²) in [5.41, 5.74) is -0.116. The van der Waals surface area contributed by atoms with E-state index >= 15 is 0 Å². The van der Waals surface area contributed by atoms with Crippen LogP contribution in [0.2, 0.25) is 0 Å². The van der Waals surface area contributed by atoms with Gasteiger partial charge in [0.2, 0.25) is 0 Å². The van der Waals surface area contributed by atoms with Gasteiger partial charge in [0.05, 0.1) is 6.10 Å². The van der Waals surface area contributed by atoms with E-state index in [1.54, 1.807) is 12.1 Å². The van der Waals surface area contributed by atoms with Gasteiger partial charge in [-0.25, -0.2) is 0 Å². The minimum Gasteiger partial charge on any atom is -0.508 e. The summed E-state index contributed by atoms with van der Waals surface area (Å²) in [7, 11) is -4.85. The van der Waals surface area contributed by atoms with Crippen molar-refractivity contribution in [3.63, 3.8) is 0 Å². The van der Waals surface area contributed by atoms with Crippen molar-refractivity contribution in [3.8, 4) is 11.5 Å². The molecule has 0 fully saturated rings. The van der Waals surface area contributed by atoms with Gasteiger partial charge < -0.3 is 19.6 Å². The van der Waals surface area contributed by atoms with Crippen LogP contribution in [0.4, 0.5) is 0 Å². The second-order valence-electron chi connectivity index (χ2n) is 5.68. The Labute approximate surface area is 139 Å². The number of rotatable bonds is 6. The van der Waals surface area contributed by atoms with Crippen LogP contribution in [0.1, 0.15) is 35.3 Å². The third kappa shape index (κ3) is 4.68. The average Bonchev–Trinajstić information content (AvgIpc) is 2.49. The summed E-state index contributed by atoms with van der Waals surface area (Å²) in [6.07, 6.45) is 0.381. The standard InChI is InChI=1S/C17H19O6P/c1-11(2)23-15-6-3-12(4-7-15)9-14-10-13(5-8-16(14)18)17(19)24(20,21)22/h3-8,10-11,18H,9H2,1-2H3,(H2,20,21,22). The molecule has 0 aliphatic carbocycles. The molecule has 2 rings (SSSR count). The SMILES string of the molecule is CC(C)Oc1ccc(Cc2cc(C(=O)P(=O)(O)O)ccc2O)cc1. The molecule has 0 saturated carbocycles. The molecule has 7 heteroatoms. The number of phenols is 1. The predicted molar refractivity (Wildman–Crippen MR) is 89.5 cm³/mol. The van der Waals surface area contributed by atoms with Crippen LogP contribution in [0.15, 0.2) is 42.5 Å². The van der Waals surface area contributed by atoms with Crippen molar-refractivity contribution in [3.05, 3.63) is 59.2 Å². The van der Waals surface area contributed by atoms with Gasteiger partial charge in [-0.1, -0.05) is 12.1 Å². The van der Waals surface area contributed by atoms with E-state index in [2.05, 4.69) is 0 Å². The van der Waals surface area contributed by atoms with Crippen molar-refractivity contribution in [2.24, 2.45) is 0 Å². The zero-order valence-corrected chi connectivity index (χ0v) is 14.2. The lowest BCUT2D eigenvalue weighted by atomic mass is 10.0. The summed E-state index contributed by atoms with van der Waals surface area (Å²) in [4.78, 5) is 29.6. The molecular weight excluding hydrogens is 331 g/mol. The molecule has 2 aromatic rings. The Morgan fingerprint density at radius 1 is 1.12 bits per heavy atom. The largest absolute Gasteiger partial charge is 0.508 e. The summed E-state index contributed by atoms with van der Waals surface area (Å²) in [6.45, 7) is 3.85. The lowest BCUT2D eigenvalue weighted by molar-refractivity contribution is 0.104. The zero-order chi connectivity index (χ0) is 17.9. The van der Waals surface area contributed by atoms with Crippen molar-refractivity contribution in [2.45, 2.75) is 26.4 Å². The summed E-state index contributed by atoms with van der Waals surface area (Å²) >= 11 is 0. The molecule has 0 atom stereocenters. The van der Waals surface area contributed by atoms with Gasteiger partial charge >= 0.3 is 7.60 Å². The topological polar surface area (TPSA) is 104 Å². The average molecular weight is 350 g/mol. The van der Waals surface area contributed by atoms with Crippen molar-refractivity contribution >= 4 is 13.1 Å². The van der Waals surface area contributed by atoms with Crippen LogP contribution in [-0.4, -0.2) is 26.5 Å². The van der Waals surface area contributed by atoms with Gasteiger partial charge in [-0.15, -0.1) is 0 Å². The fraction of sp³-hybridized carbons (Fsp3) is 0.235. The molecule has 0 aliphatic heterocycles. The normalized spacial score (nSPS) is 11.5. The highest BCUT2D eigenvalue weighted by Gasteiger charge is 2.27. The number of carbonyl (C=O) groups excluding carboxylic acids is 1. The Kier molecular flexibility index (Phi) is 5.44. The first-order valence-corrected chi connectivity index (χ1v) is 8.96. The van der Waals surface area contributed by atoms with Crippen molar-refractivity contribution in [1.29, 1.82) is 0 Å². The molecule has 128 valence electrons. The fourth-order valence-electron chi connectivity index (χ4n) is 2.21. The number of benzene rings is 2. The van der Waals surface area contributed by atoms with Crippen LogP contribution >= 0.6 is 7.60 Å². The minimum atomic E-state index is -4.85.